The lowest BCUT2D eigenvalue weighted by Crippen LogP contribution is -2.40. The number of ether oxygens (including phenoxy) is 1. The number of carboxylic acid groups (broad SMARTS) is 1. The molecule has 1 saturated heterocycles. The lowest BCUT2D eigenvalue weighted by molar-refractivity contribution is -0.137. The number of aliphatic hydroxyl groups excluding tert-OH is 4. The van der Waals surface area contributed by atoms with Gasteiger partial charge in [-0.05, 0) is 6.42 Å². The van der Waals surface area contributed by atoms with Crippen LogP contribution in [0.4, 0.5) is 0 Å². The molecule has 0 saturated carbocycles. The Kier molecular flexibility index (Phi) is 15.1. The van der Waals surface area contributed by atoms with Crippen LogP contribution in [0.5, 0.6) is 0 Å². The van der Waals surface area contributed by atoms with Crippen LogP contribution in [0.25, 0.3) is 0 Å². The molecule has 1 fully saturated rings. The van der Waals surface area contributed by atoms with Crippen LogP contribution in [0.1, 0.15) is 71.1 Å². The number of hydrogen-bond acceptors (Lipinski definition) is 6. The second-order valence-electron chi connectivity index (χ2n) is 6.58. The molecule has 7 heteroatoms. The van der Waals surface area contributed by atoms with Crippen molar-refractivity contribution < 1.29 is 35.1 Å². The summed E-state index contributed by atoms with van der Waals surface area (Å²) in [7, 11) is 0. The molecule has 1 heterocycles. The van der Waals surface area contributed by atoms with Crippen LogP contribution in [-0.4, -0.2) is 69.1 Å². The minimum Gasteiger partial charge on any atom is -0.481 e. The Morgan fingerprint density at radius 1 is 1.04 bits per heavy atom. The summed E-state index contributed by atoms with van der Waals surface area (Å²) in [6, 6.07) is 0. The second-order valence-corrected chi connectivity index (χ2v) is 6.58. The van der Waals surface area contributed by atoms with Gasteiger partial charge in [0.15, 0.2) is 0 Å². The molecule has 1 aliphatic rings. The summed E-state index contributed by atoms with van der Waals surface area (Å²) in [6.07, 6.45) is 7.43. The zero-order valence-electron chi connectivity index (χ0n) is 15.3. The lowest BCUT2D eigenvalue weighted by atomic mass is 10.1. The van der Waals surface area contributed by atoms with Crippen molar-refractivity contribution in [3.05, 3.63) is 0 Å². The molecule has 0 aromatic heterocycles. The van der Waals surface area contributed by atoms with Gasteiger partial charge >= 0.3 is 5.97 Å². The summed E-state index contributed by atoms with van der Waals surface area (Å²) in [5.41, 5.74) is 0. The molecule has 5 N–H and O–H groups in total. The van der Waals surface area contributed by atoms with E-state index in [1.165, 1.54) is 44.9 Å². The number of rotatable bonds is 12. The van der Waals surface area contributed by atoms with Crippen molar-refractivity contribution >= 4 is 5.97 Å². The standard InChI is InChI=1S/C12H24O2.C6H12O5/c1-2-3-4-5-6-7-8-9-10-11-12(13)14;7-1-3(8)6-5(10)4(9)2-11-6/h2-11H2,1H3,(H,13,14);3-10H,1-2H2/t;3-,4+,5-,6-/m.1/s1. The Labute approximate surface area is 150 Å². The fraction of sp³-hybridized carbons (Fsp3) is 0.944. The van der Waals surface area contributed by atoms with Crippen LogP contribution in [0.15, 0.2) is 0 Å². The number of hydrogen-bond donors (Lipinski definition) is 5. The zero-order valence-corrected chi connectivity index (χ0v) is 15.3. The highest BCUT2D eigenvalue weighted by Crippen LogP contribution is 2.17. The van der Waals surface area contributed by atoms with E-state index < -0.39 is 37.0 Å². The molecule has 0 aromatic carbocycles. The molecule has 25 heavy (non-hydrogen) atoms. The van der Waals surface area contributed by atoms with E-state index in [4.69, 9.17) is 30.3 Å². The Morgan fingerprint density at radius 3 is 1.96 bits per heavy atom. The van der Waals surface area contributed by atoms with Gasteiger partial charge in [0, 0.05) is 6.42 Å². The maximum atomic E-state index is 10.2. The van der Waals surface area contributed by atoms with Crippen molar-refractivity contribution in [2.45, 2.75) is 95.5 Å². The summed E-state index contributed by atoms with van der Waals surface area (Å²) in [5, 5.41) is 43.9. The monoisotopic (exact) mass is 364 g/mol. The summed E-state index contributed by atoms with van der Waals surface area (Å²) in [4.78, 5) is 10.2. The van der Waals surface area contributed by atoms with Crippen molar-refractivity contribution in [1.82, 2.24) is 0 Å². The highest BCUT2D eigenvalue weighted by molar-refractivity contribution is 5.66. The van der Waals surface area contributed by atoms with Gasteiger partial charge in [-0.1, -0.05) is 58.3 Å². The molecule has 1 rings (SSSR count). The van der Waals surface area contributed by atoms with Gasteiger partial charge in [-0.3, -0.25) is 4.79 Å². The minimum atomic E-state index is -1.12. The van der Waals surface area contributed by atoms with Gasteiger partial charge < -0.3 is 30.3 Å². The predicted octanol–water partition coefficient (Wildman–Crippen LogP) is 1.45. The first-order chi connectivity index (χ1) is 11.9. The van der Waals surface area contributed by atoms with Gasteiger partial charge in [0.05, 0.1) is 13.2 Å². The second kappa shape index (κ2) is 15.5. The average molecular weight is 364 g/mol. The van der Waals surface area contributed by atoms with Crippen LogP contribution < -0.4 is 0 Å². The molecule has 150 valence electrons. The molecule has 7 nitrogen and oxygen atoms in total. The Morgan fingerprint density at radius 2 is 1.56 bits per heavy atom. The van der Waals surface area contributed by atoms with Gasteiger partial charge in [0.2, 0.25) is 0 Å². The van der Waals surface area contributed by atoms with E-state index in [1.807, 2.05) is 0 Å². The van der Waals surface area contributed by atoms with Crippen LogP contribution in [0.2, 0.25) is 0 Å². The van der Waals surface area contributed by atoms with Crippen molar-refractivity contribution in [2.75, 3.05) is 13.2 Å². The van der Waals surface area contributed by atoms with Gasteiger partial charge in [-0.2, -0.15) is 0 Å². The first-order valence-electron chi connectivity index (χ1n) is 9.42. The fourth-order valence-electron chi connectivity index (χ4n) is 2.66. The molecule has 0 amide bonds. The van der Waals surface area contributed by atoms with Gasteiger partial charge in [0.25, 0.3) is 0 Å². The van der Waals surface area contributed by atoms with Gasteiger partial charge in [0.1, 0.15) is 24.4 Å². The Hall–Kier alpha value is -0.730. The number of unbranched alkanes of at least 4 members (excludes halogenated alkanes) is 8. The summed E-state index contributed by atoms with van der Waals surface area (Å²) >= 11 is 0. The van der Waals surface area contributed by atoms with Crippen LogP contribution >= 0.6 is 0 Å². The lowest BCUT2D eigenvalue weighted by Gasteiger charge is -2.18. The van der Waals surface area contributed by atoms with Crippen LogP contribution in [0, 0.1) is 0 Å². The molecule has 0 aromatic rings. The van der Waals surface area contributed by atoms with E-state index in [2.05, 4.69) is 6.92 Å². The minimum absolute atomic E-state index is 0.00287. The summed E-state index contributed by atoms with van der Waals surface area (Å²) in [6.45, 7) is 1.75. The van der Waals surface area contributed by atoms with Crippen LogP contribution in [-0.2, 0) is 9.53 Å². The smallest absolute Gasteiger partial charge is 0.303 e. The van der Waals surface area contributed by atoms with E-state index >= 15 is 0 Å². The van der Waals surface area contributed by atoms with Crippen molar-refractivity contribution in [2.24, 2.45) is 0 Å². The highest BCUT2D eigenvalue weighted by Gasteiger charge is 2.38. The van der Waals surface area contributed by atoms with E-state index in [1.54, 1.807) is 0 Å². The average Bonchev–Trinajstić information content (AvgIpc) is 2.92. The summed E-state index contributed by atoms with van der Waals surface area (Å²) in [5.74, 6) is -0.659. The summed E-state index contributed by atoms with van der Waals surface area (Å²) < 4.78 is 4.82. The molecular weight excluding hydrogens is 328 g/mol. The van der Waals surface area contributed by atoms with Crippen molar-refractivity contribution in [1.29, 1.82) is 0 Å². The first-order valence-corrected chi connectivity index (χ1v) is 9.42. The maximum absolute atomic E-state index is 10.2. The zero-order chi connectivity index (χ0) is 19.1. The number of aliphatic carboxylic acids is 1. The third-order valence-electron chi connectivity index (χ3n) is 4.25. The maximum Gasteiger partial charge on any atom is 0.303 e. The van der Waals surface area contributed by atoms with Crippen molar-refractivity contribution in [3.8, 4) is 0 Å². The fourth-order valence-corrected chi connectivity index (χ4v) is 2.66. The van der Waals surface area contributed by atoms with Gasteiger partial charge in [-0.15, -0.1) is 0 Å². The number of carboxylic acids is 1. The van der Waals surface area contributed by atoms with E-state index in [9.17, 15) is 4.79 Å². The molecule has 0 unspecified atom stereocenters. The van der Waals surface area contributed by atoms with Crippen molar-refractivity contribution in [3.63, 3.8) is 0 Å². The van der Waals surface area contributed by atoms with E-state index in [0.29, 0.717) is 6.42 Å². The number of aliphatic hydroxyl groups is 4. The molecular formula is C18H36O7. The van der Waals surface area contributed by atoms with E-state index in [0.717, 1.165) is 12.8 Å². The van der Waals surface area contributed by atoms with E-state index in [-0.39, 0.29) is 6.61 Å². The van der Waals surface area contributed by atoms with Crippen LogP contribution in [0.3, 0.4) is 0 Å². The Bertz CT molecular complexity index is 325. The normalized spacial score (nSPS) is 23.8. The molecule has 0 aliphatic carbocycles. The largest absolute Gasteiger partial charge is 0.481 e. The number of carbonyl (C=O) groups is 1. The SMILES string of the molecule is CCCCCCCCCCCC(=O)O.OC[C@@H](O)[C@H]1OC[C@H](O)[C@H]1O. The van der Waals surface area contributed by atoms with Gasteiger partial charge in [-0.25, -0.2) is 0 Å². The molecule has 0 spiro atoms. The molecule has 1 aliphatic heterocycles. The third kappa shape index (κ3) is 12.3. The predicted molar refractivity (Wildman–Crippen MR) is 94.3 cm³/mol. The Balaban J connectivity index is 0.000000472. The molecule has 4 atom stereocenters. The third-order valence-corrected chi connectivity index (χ3v) is 4.25. The highest BCUT2D eigenvalue weighted by atomic mass is 16.5. The molecule has 0 bridgehead atoms. The topological polar surface area (TPSA) is 127 Å². The first kappa shape index (κ1) is 24.3. The molecule has 0 radical (unpaired) electrons. The quantitative estimate of drug-likeness (QED) is 0.332.